The van der Waals surface area contributed by atoms with E-state index in [2.05, 4.69) is 30.9 Å². The van der Waals surface area contributed by atoms with Gasteiger partial charge >= 0.3 is 0 Å². The Bertz CT molecular complexity index is 1280. The molecule has 9 heteroatoms. The van der Waals surface area contributed by atoms with Crippen LogP contribution in [0.3, 0.4) is 0 Å². The molecule has 0 saturated carbocycles. The number of carbonyl (C=O) groups excluding carboxylic acids is 1. The Labute approximate surface area is 209 Å². The number of nitrogens with one attached hydrogen (secondary N) is 2. The molecule has 9 nitrogen and oxygen atoms in total. The lowest BCUT2D eigenvalue weighted by Crippen LogP contribution is -2.35. The summed E-state index contributed by atoms with van der Waals surface area (Å²) in [4.78, 5) is 18.9. The first-order chi connectivity index (χ1) is 17.6. The number of amides is 1. The lowest BCUT2D eigenvalue weighted by atomic mass is 10.0. The maximum absolute atomic E-state index is 13.0. The minimum Gasteiger partial charge on any atom is -0.387 e. The molecule has 5 rings (SSSR count). The third-order valence-corrected chi connectivity index (χ3v) is 6.65. The smallest absolute Gasteiger partial charge is 0.253 e. The molecular weight excluding hydrogens is 454 g/mol. The molecule has 0 bridgehead atoms. The van der Waals surface area contributed by atoms with E-state index < -0.39 is 6.10 Å². The van der Waals surface area contributed by atoms with Crippen molar-refractivity contribution in [2.45, 2.75) is 44.0 Å². The van der Waals surface area contributed by atoms with Crippen LogP contribution in [0.1, 0.15) is 46.0 Å². The lowest BCUT2D eigenvalue weighted by molar-refractivity contribution is 0.0785. The molecule has 3 atom stereocenters. The summed E-state index contributed by atoms with van der Waals surface area (Å²) in [6.07, 6.45) is 5.69. The summed E-state index contributed by atoms with van der Waals surface area (Å²) in [5.74, 6) is 0.406. The highest BCUT2D eigenvalue weighted by Crippen LogP contribution is 2.26. The van der Waals surface area contributed by atoms with E-state index in [0.717, 1.165) is 36.0 Å². The summed E-state index contributed by atoms with van der Waals surface area (Å²) in [5, 5.41) is 28.3. The number of nitrogens with zero attached hydrogens (tertiary/aromatic N) is 5. The number of carbonyl (C=O) groups is 1. The molecule has 0 aliphatic carbocycles. The second kappa shape index (κ2) is 10.8. The highest BCUT2D eigenvalue weighted by atomic mass is 16.3. The third kappa shape index (κ3) is 5.48. The van der Waals surface area contributed by atoms with Crippen LogP contribution in [-0.4, -0.2) is 60.7 Å². The third-order valence-electron chi connectivity index (χ3n) is 6.65. The molecule has 0 radical (unpaired) electrons. The quantitative estimate of drug-likeness (QED) is 0.352. The minimum atomic E-state index is -0.505. The number of benzene rings is 2. The summed E-state index contributed by atoms with van der Waals surface area (Å²) in [6, 6.07) is 19.9. The standard InChI is InChI=1S/C27H29N7O2/c1-34(17-19-13-22(16-28-15-19)26-30-32-33-31-26)27(36)21-9-7-18(8-10-21)14-23-11-12-24(29-23)25(35)20-5-3-2-4-6-20/h2-10,13,15-16,23-25,29,35H,11-12,14,17H2,1H3,(H,30,31,32,33)/t23-,24+,25+/m0/s1. The first-order valence-corrected chi connectivity index (χ1v) is 12.1. The molecule has 4 aromatic rings. The predicted molar refractivity (Wildman–Crippen MR) is 135 cm³/mol. The average Bonchev–Trinajstić information content (AvgIpc) is 3.62. The van der Waals surface area contributed by atoms with Crippen LogP contribution in [0.2, 0.25) is 0 Å². The summed E-state index contributed by atoms with van der Waals surface area (Å²) in [6.45, 7) is 0.413. The largest absolute Gasteiger partial charge is 0.387 e. The van der Waals surface area contributed by atoms with Crippen LogP contribution in [-0.2, 0) is 13.0 Å². The van der Waals surface area contributed by atoms with Crippen molar-refractivity contribution in [1.82, 2.24) is 35.8 Å². The molecular formula is C27H29N7O2. The van der Waals surface area contributed by atoms with E-state index in [4.69, 9.17) is 0 Å². The second-order valence-corrected chi connectivity index (χ2v) is 9.28. The van der Waals surface area contributed by atoms with Gasteiger partial charge in [-0.25, -0.2) is 0 Å². The summed E-state index contributed by atoms with van der Waals surface area (Å²) < 4.78 is 0. The van der Waals surface area contributed by atoms with E-state index >= 15 is 0 Å². The van der Waals surface area contributed by atoms with E-state index in [1.165, 1.54) is 5.56 Å². The maximum Gasteiger partial charge on any atom is 0.253 e. The maximum atomic E-state index is 13.0. The van der Waals surface area contributed by atoms with Crippen LogP contribution in [0.5, 0.6) is 0 Å². The van der Waals surface area contributed by atoms with E-state index in [9.17, 15) is 9.90 Å². The average molecular weight is 484 g/mol. The molecule has 1 amide bonds. The molecule has 184 valence electrons. The van der Waals surface area contributed by atoms with Crippen LogP contribution in [0.4, 0.5) is 0 Å². The second-order valence-electron chi connectivity index (χ2n) is 9.28. The van der Waals surface area contributed by atoms with Crippen molar-refractivity contribution in [3.05, 3.63) is 95.3 Å². The van der Waals surface area contributed by atoms with Crippen molar-refractivity contribution in [2.24, 2.45) is 0 Å². The summed E-state index contributed by atoms with van der Waals surface area (Å²) >= 11 is 0. The number of tetrazole rings is 1. The molecule has 0 spiro atoms. The molecule has 3 N–H and O–H groups in total. The molecule has 1 fully saturated rings. The summed E-state index contributed by atoms with van der Waals surface area (Å²) in [7, 11) is 1.78. The van der Waals surface area contributed by atoms with Gasteiger partial charge in [-0.3, -0.25) is 9.78 Å². The van der Waals surface area contributed by atoms with Gasteiger partial charge in [0.1, 0.15) is 0 Å². The zero-order chi connectivity index (χ0) is 24.9. The Morgan fingerprint density at radius 1 is 1.08 bits per heavy atom. The fourth-order valence-corrected chi connectivity index (χ4v) is 4.76. The number of hydrogen-bond acceptors (Lipinski definition) is 7. The van der Waals surface area contributed by atoms with Gasteiger partial charge in [-0.15, -0.1) is 10.2 Å². The zero-order valence-electron chi connectivity index (χ0n) is 20.1. The monoisotopic (exact) mass is 483 g/mol. The fourth-order valence-electron chi connectivity index (χ4n) is 4.76. The number of hydrogen-bond donors (Lipinski definition) is 3. The van der Waals surface area contributed by atoms with Crippen LogP contribution < -0.4 is 5.32 Å². The molecule has 2 aromatic carbocycles. The molecule has 36 heavy (non-hydrogen) atoms. The molecule has 1 saturated heterocycles. The summed E-state index contributed by atoms with van der Waals surface area (Å²) in [5.41, 5.74) is 4.37. The number of aromatic nitrogens is 5. The van der Waals surface area contributed by atoms with Gasteiger partial charge < -0.3 is 15.3 Å². The molecule has 1 aliphatic rings. The van der Waals surface area contributed by atoms with Crippen molar-refractivity contribution in [1.29, 1.82) is 0 Å². The Morgan fingerprint density at radius 3 is 2.64 bits per heavy atom. The highest BCUT2D eigenvalue weighted by Gasteiger charge is 2.29. The van der Waals surface area contributed by atoms with Gasteiger partial charge in [0.15, 0.2) is 0 Å². The molecule has 2 aromatic heterocycles. The first kappa shape index (κ1) is 23.8. The van der Waals surface area contributed by atoms with Crippen LogP contribution in [0.15, 0.2) is 73.1 Å². The Hall–Kier alpha value is -3.95. The van der Waals surface area contributed by atoms with Crippen molar-refractivity contribution < 1.29 is 9.90 Å². The van der Waals surface area contributed by atoms with Crippen molar-refractivity contribution in [2.75, 3.05) is 7.05 Å². The van der Waals surface area contributed by atoms with Gasteiger partial charge in [-0.1, -0.05) is 42.5 Å². The number of rotatable bonds is 8. The number of H-pyrrole nitrogens is 1. The normalized spacial score (nSPS) is 18.2. The van der Waals surface area contributed by atoms with Gasteiger partial charge in [0.2, 0.25) is 5.82 Å². The van der Waals surface area contributed by atoms with Gasteiger partial charge in [-0.05, 0) is 59.4 Å². The molecule has 3 heterocycles. The van der Waals surface area contributed by atoms with E-state index in [-0.39, 0.29) is 11.9 Å². The lowest BCUT2D eigenvalue weighted by Gasteiger charge is -2.20. The number of aliphatic hydroxyl groups is 1. The van der Waals surface area contributed by atoms with Crippen LogP contribution in [0, 0.1) is 0 Å². The van der Waals surface area contributed by atoms with Crippen LogP contribution >= 0.6 is 0 Å². The van der Waals surface area contributed by atoms with Crippen molar-refractivity contribution >= 4 is 5.91 Å². The van der Waals surface area contributed by atoms with Gasteiger partial charge in [0, 0.05) is 49.2 Å². The first-order valence-electron chi connectivity index (χ1n) is 12.1. The SMILES string of the molecule is CN(Cc1cncc(-c2nn[nH]n2)c1)C(=O)c1ccc(C[C@@H]2CC[C@H]([C@H](O)c3ccccc3)N2)cc1. The Balaban J connectivity index is 1.16. The van der Waals surface area contributed by atoms with Gasteiger partial charge in [-0.2, -0.15) is 5.21 Å². The van der Waals surface area contributed by atoms with Crippen molar-refractivity contribution in [3.8, 4) is 11.4 Å². The van der Waals surface area contributed by atoms with Gasteiger partial charge in [0.25, 0.3) is 5.91 Å². The number of aliphatic hydroxyl groups excluding tert-OH is 1. The molecule has 1 aliphatic heterocycles. The predicted octanol–water partition coefficient (Wildman–Crippen LogP) is 2.93. The zero-order valence-corrected chi connectivity index (χ0v) is 20.1. The van der Waals surface area contributed by atoms with Crippen LogP contribution in [0.25, 0.3) is 11.4 Å². The Kier molecular flexibility index (Phi) is 7.11. The van der Waals surface area contributed by atoms with Gasteiger partial charge in [0.05, 0.1) is 6.10 Å². The highest BCUT2D eigenvalue weighted by molar-refractivity contribution is 5.94. The van der Waals surface area contributed by atoms with E-state index in [0.29, 0.717) is 24.0 Å². The number of pyridine rings is 1. The molecule has 0 unspecified atom stereocenters. The fraction of sp³-hybridized carbons (Fsp3) is 0.296. The van der Waals surface area contributed by atoms with Crippen molar-refractivity contribution in [3.63, 3.8) is 0 Å². The van der Waals surface area contributed by atoms with E-state index in [1.54, 1.807) is 24.3 Å². The topological polar surface area (TPSA) is 120 Å². The minimum absolute atomic E-state index is 0.0555. The number of aromatic amines is 1. The Morgan fingerprint density at radius 2 is 1.89 bits per heavy atom. The van der Waals surface area contributed by atoms with E-state index in [1.807, 2.05) is 60.7 Å².